The van der Waals surface area contributed by atoms with E-state index in [-0.39, 0.29) is 12.4 Å². The van der Waals surface area contributed by atoms with Gasteiger partial charge in [-0.3, -0.25) is 4.98 Å². The smallest absolute Gasteiger partial charge is 0.0737 e. The molecule has 1 aliphatic heterocycles. The zero-order valence-electron chi connectivity index (χ0n) is 12.2. The molecular weight excluding hydrogens is 350 g/mol. The number of benzene rings is 1. The van der Waals surface area contributed by atoms with Crippen LogP contribution in [0.15, 0.2) is 28.7 Å². The summed E-state index contributed by atoms with van der Waals surface area (Å²) in [6.45, 7) is 6.46. The Morgan fingerprint density at radius 2 is 2.00 bits per heavy atom. The van der Waals surface area contributed by atoms with Crippen LogP contribution in [0, 0.1) is 0 Å². The zero-order valence-corrected chi connectivity index (χ0v) is 14.6. The van der Waals surface area contributed by atoms with Crippen LogP contribution in [0.5, 0.6) is 0 Å². The van der Waals surface area contributed by atoms with E-state index in [0.29, 0.717) is 0 Å². The fourth-order valence-corrected chi connectivity index (χ4v) is 3.14. The molecular formula is C16H21BrClN3. The molecule has 1 fully saturated rings. The highest BCUT2D eigenvalue weighted by Crippen LogP contribution is 2.29. The van der Waals surface area contributed by atoms with E-state index < -0.39 is 0 Å². The summed E-state index contributed by atoms with van der Waals surface area (Å²) in [6.07, 6.45) is 2.18. The maximum atomic E-state index is 4.81. The Balaban J connectivity index is 0.00000161. The summed E-state index contributed by atoms with van der Waals surface area (Å²) in [5.41, 5.74) is 3.64. The summed E-state index contributed by atoms with van der Waals surface area (Å²) in [7, 11) is 0. The topological polar surface area (TPSA) is 28.2 Å². The number of nitrogens with one attached hydrogen (secondary N) is 1. The fraction of sp³-hybridized carbons (Fsp3) is 0.438. The Kier molecular flexibility index (Phi) is 5.85. The Bertz CT molecular complexity index is 612. The molecule has 0 aliphatic carbocycles. The molecule has 2 aromatic rings. The van der Waals surface area contributed by atoms with Crippen LogP contribution >= 0.6 is 28.3 Å². The van der Waals surface area contributed by atoms with Crippen LogP contribution in [0.1, 0.15) is 19.0 Å². The molecule has 1 aliphatic rings. The van der Waals surface area contributed by atoms with E-state index in [0.717, 1.165) is 49.0 Å². The van der Waals surface area contributed by atoms with Gasteiger partial charge in [-0.25, -0.2) is 0 Å². The number of hydrogen-bond donors (Lipinski definition) is 1. The molecule has 21 heavy (non-hydrogen) atoms. The molecule has 0 saturated carbocycles. The number of fused-ring (bicyclic) bond motifs is 1. The van der Waals surface area contributed by atoms with E-state index in [2.05, 4.69) is 57.3 Å². The maximum Gasteiger partial charge on any atom is 0.0737 e. The molecule has 3 nitrogen and oxygen atoms in total. The number of nitrogens with zero attached hydrogens (tertiary/aromatic N) is 2. The van der Waals surface area contributed by atoms with Crippen molar-refractivity contribution < 1.29 is 0 Å². The lowest BCUT2D eigenvalue weighted by atomic mass is 10.1. The second kappa shape index (κ2) is 7.43. The van der Waals surface area contributed by atoms with E-state index in [9.17, 15) is 0 Å². The van der Waals surface area contributed by atoms with Crippen molar-refractivity contribution >= 4 is 44.9 Å². The highest BCUT2D eigenvalue weighted by atomic mass is 79.9. The molecule has 3 rings (SSSR count). The number of aromatic nitrogens is 1. The first-order valence-electron chi connectivity index (χ1n) is 7.33. The second-order valence-corrected chi connectivity index (χ2v) is 6.20. The fourth-order valence-electron chi connectivity index (χ4n) is 2.79. The number of hydrogen-bond acceptors (Lipinski definition) is 3. The van der Waals surface area contributed by atoms with Crippen molar-refractivity contribution in [3.63, 3.8) is 0 Å². The minimum Gasteiger partial charge on any atom is -0.368 e. The number of halogens is 2. The van der Waals surface area contributed by atoms with Crippen molar-refractivity contribution in [2.75, 3.05) is 31.1 Å². The second-order valence-electron chi connectivity index (χ2n) is 5.28. The van der Waals surface area contributed by atoms with Gasteiger partial charge in [0.25, 0.3) is 0 Å². The first-order chi connectivity index (χ1) is 9.78. The lowest BCUT2D eigenvalue weighted by Crippen LogP contribution is -2.43. The third kappa shape index (κ3) is 3.68. The highest BCUT2D eigenvalue weighted by molar-refractivity contribution is 9.10. The Hall–Kier alpha value is -0.840. The van der Waals surface area contributed by atoms with Crippen molar-refractivity contribution in [3.05, 3.63) is 34.4 Å². The first kappa shape index (κ1) is 16.5. The molecule has 2 heterocycles. The first-order valence-corrected chi connectivity index (χ1v) is 8.12. The standard InChI is InChI=1S/C16H20BrN3.ClH/c1-2-3-13-11-16(20-8-6-18-7-9-20)14-5-4-12(17)10-15(14)19-13;/h4-5,10-11,18H,2-3,6-9H2,1H3;1H. The van der Waals surface area contributed by atoms with Crippen LogP contribution in [0.25, 0.3) is 10.9 Å². The van der Waals surface area contributed by atoms with Crippen molar-refractivity contribution in [1.82, 2.24) is 10.3 Å². The van der Waals surface area contributed by atoms with Crippen molar-refractivity contribution in [2.45, 2.75) is 19.8 Å². The SMILES string of the molecule is CCCc1cc(N2CCNCC2)c2ccc(Br)cc2n1.Cl. The number of pyridine rings is 1. The Labute approximate surface area is 140 Å². The van der Waals surface area contributed by atoms with Gasteiger partial charge in [0.05, 0.1) is 5.52 Å². The van der Waals surface area contributed by atoms with E-state index in [1.165, 1.54) is 16.8 Å². The molecule has 114 valence electrons. The lowest BCUT2D eigenvalue weighted by molar-refractivity contribution is 0.590. The molecule has 1 aromatic carbocycles. The van der Waals surface area contributed by atoms with Crippen LogP contribution in [-0.2, 0) is 6.42 Å². The van der Waals surface area contributed by atoms with Gasteiger partial charge >= 0.3 is 0 Å². The predicted octanol–water partition coefficient (Wildman–Crippen LogP) is 3.78. The summed E-state index contributed by atoms with van der Waals surface area (Å²) in [5, 5.41) is 4.68. The van der Waals surface area contributed by atoms with Gasteiger partial charge in [0, 0.05) is 47.4 Å². The molecule has 0 spiro atoms. The summed E-state index contributed by atoms with van der Waals surface area (Å²) in [4.78, 5) is 7.29. The molecule has 0 amide bonds. The average Bonchev–Trinajstić information content (AvgIpc) is 2.47. The molecule has 0 bridgehead atoms. The maximum absolute atomic E-state index is 4.81. The quantitative estimate of drug-likeness (QED) is 0.891. The summed E-state index contributed by atoms with van der Waals surface area (Å²) >= 11 is 3.55. The average molecular weight is 371 g/mol. The minimum absolute atomic E-state index is 0. The summed E-state index contributed by atoms with van der Waals surface area (Å²) < 4.78 is 1.09. The number of rotatable bonds is 3. The van der Waals surface area contributed by atoms with Crippen LogP contribution in [0.3, 0.4) is 0 Å². The summed E-state index contributed by atoms with van der Waals surface area (Å²) in [5.74, 6) is 0. The zero-order chi connectivity index (χ0) is 13.9. The van der Waals surface area contributed by atoms with Crippen LogP contribution < -0.4 is 10.2 Å². The third-order valence-electron chi connectivity index (χ3n) is 3.77. The number of aryl methyl sites for hydroxylation is 1. The Morgan fingerprint density at radius 1 is 1.24 bits per heavy atom. The monoisotopic (exact) mass is 369 g/mol. The van der Waals surface area contributed by atoms with Crippen molar-refractivity contribution in [2.24, 2.45) is 0 Å². The van der Waals surface area contributed by atoms with E-state index in [4.69, 9.17) is 4.98 Å². The third-order valence-corrected chi connectivity index (χ3v) is 4.26. The van der Waals surface area contributed by atoms with Crippen LogP contribution in [0.2, 0.25) is 0 Å². The van der Waals surface area contributed by atoms with Gasteiger partial charge in [-0.15, -0.1) is 12.4 Å². The molecule has 1 saturated heterocycles. The van der Waals surface area contributed by atoms with Gasteiger partial charge < -0.3 is 10.2 Å². The number of piperazine rings is 1. The van der Waals surface area contributed by atoms with E-state index in [1.54, 1.807) is 0 Å². The minimum atomic E-state index is 0. The summed E-state index contributed by atoms with van der Waals surface area (Å²) in [6, 6.07) is 8.69. The largest absolute Gasteiger partial charge is 0.368 e. The highest BCUT2D eigenvalue weighted by Gasteiger charge is 2.15. The lowest BCUT2D eigenvalue weighted by Gasteiger charge is -2.30. The molecule has 0 radical (unpaired) electrons. The van der Waals surface area contributed by atoms with E-state index in [1.807, 2.05) is 0 Å². The van der Waals surface area contributed by atoms with Crippen LogP contribution in [0.4, 0.5) is 5.69 Å². The molecule has 0 unspecified atom stereocenters. The van der Waals surface area contributed by atoms with E-state index >= 15 is 0 Å². The van der Waals surface area contributed by atoms with Crippen molar-refractivity contribution in [1.29, 1.82) is 0 Å². The van der Waals surface area contributed by atoms with Gasteiger partial charge in [0.15, 0.2) is 0 Å². The Morgan fingerprint density at radius 3 is 2.71 bits per heavy atom. The van der Waals surface area contributed by atoms with Gasteiger partial charge in [-0.2, -0.15) is 0 Å². The molecule has 5 heteroatoms. The predicted molar refractivity (Wildman–Crippen MR) is 95.8 cm³/mol. The van der Waals surface area contributed by atoms with Gasteiger partial charge in [-0.05, 0) is 30.7 Å². The van der Waals surface area contributed by atoms with Gasteiger partial charge in [-0.1, -0.05) is 29.3 Å². The van der Waals surface area contributed by atoms with Gasteiger partial charge in [0.2, 0.25) is 0 Å². The number of anilines is 1. The molecule has 1 aromatic heterocycles. The van der Waals surface area contributed by atoms with Crippen molar-refractivity contribution in [3.8, 4) is 0 Å². The normalized spacial score (nSPS) is 15.0. The van der Waals surface area contributed by atoms with Gasteiger partial charge in [0.1, 0.15) is 0 Å². The van der Waals surface area contributed by atoms with Crippen LogP contribution in [-0.4, -0.2) is 31.2 Å². The molecule has 0 atom stereocenters. The molecule has 1 N–H and O–H groups in total.